The highest BCUT2D eigenvalue weighted by molar-refractivity contribution is 14.0. The fourth-order valence-electron chi connectivity index (χ4n) is 3.50. The summed E-state index contributed by atoms with van der Waals surface area (Å²) in [6.07, 6.45) is 1.47. The van der Waals surface area contributed by atoms with E-state index in [1.165, 1.54) is 12.1 Å². The lowest BCUT2D eigenvalue weighted by Crippen LogP contribution is -2.55. The van der Waals surface area contributed by atoms with Crippen LogP contribution in [-0.4, -0.2) is 72.0 Å². The lowest BCUT2D eigenvalue weighted by atomic mass is 10.2. The topological polar surface area (TPSA) is 100 Å². The Morgan fingerprint density at radius 2 is 1.90 bits per heavy atom. The van der Waals surface area contributed by atoms with Crippen molar-refractivity contribution in [2.75, 3.05) is 39.3 Å². The number of nitrogens with one attached hydrogen (secondary N) is 1. The van der Waals surface area contributed by atoms with E-state index >= 15 is 0 Å². The Kier molecular flexibility index (Phi) is 9.69. The molecule has 1 N–H and O–H groups in total. The molecule has 2 heterocycles. The number of ether oxygens (including phenoxy) is 1. The number of nitro benzene ring substituents is 1. The Morgan fingerprint density at radius 1 is 1.26 bits per heavy atom. The van der Waals surface area contributed by atoms with Gasteiger partial charge in [-0.1, -0.05) is 24.3 Å². The molecule has 2 aliphatic rings. The zero-order chi connectivity index (χ0) is 21.5. The number of carbonyl (C=O) groups excluding carboxylic acids is 1. The number of non-ortho nitro benzene ring substituents is 1. The predicted octanol–water partition coefficient (Wildman–Crippen LogP) is 2.56. The Hall–Kier alpha value is -2.21. The van der Waals surface area contributed by atoms with E-state index in [0.717, 1.165) is 29.9 Å². The smallest absolute Gasteiger partial charge is 0.269 e. The summed E-state index contributed by atoms with van der Waals surface area (Å²) in [5.41, 5.74) is 1.95. The number of piperazine rings is 1. The number of amides is 1. The van der Waals surface area contributed by atoms with Crippen LogP contribution in [0.5, 0.6) is 0 Å². The van der Waals surface area contributed by atoms with Crippen LogP contribution in [0.2, 0.25) is 0 Å². The molecule has 1 atom stereocenters. The van der Waals surface area contributed by atoms with Gasteiger partial charge in [0.1, 0.15) is 6.10 Å². The molecule has 0 radical (unpaired) electrons. The lowest BCUT2D eigenvalue weighted by Gasteiger charge is -2.37. The normalized spacial score (nSPS) is 19.0. The van der Waals surface area contributed by atoms with Crippen molar-refractivity contribution in [1.82, 2.24) is 15.1 Å². The second kappa shape index (κ2) is 12.0. The highest BCUT2D eigenvalue weighted by Gasteiger charge is 2.30. The molecular weight excluding hydrogens is 513 g/mol. The number of hydrogen-bond acceptors (Lipinski definition) is 5. The fourth-order valence-corrected chi connectivity index (χ4v) is 3.50. The second-order valence-corrected chi connectivity index (χ2v) is 7.69. The van der Waals surface area contributed by atoms with E-state index in [1.807, 2.05) is 11.8 Å². The first kappa shape index (κ1) is 25.1. The second-order valence-electron chi connectivity index (χ2n) is 7.69. The largest absolute Gasteiger partial charge is 0.368 e. The summed E-state index contributed by atoms with van der Waals surface area (Å²) in [6.45, 7) is 10.2. The van der Waals surface area contributed by atoms with Gasteiger partial charge in [0.2, 0.25) is 0 Å². The van der Waals surface area contributed by atoms with Gasteiger partial charge in [0.05, 0.1) is 11.5 Å². The molecule has 1 amide bonds. The average molecular weight is 543 g/mol. The van der Waals surface area contributed by atoms with E-state index in [-0.39, 0.29) is 41.7 Å². The summed E-state index contributed by atoms with van der Waals surface area (Å²) in [5.74, 6) is 0.840. The minimum Gasteiger partial charge on any atom is -0.368 e. The third-order valence-electron chi connectivity index (χ3n) is 5.20. The van der Waals surface area contributed by atoms with Crippen molar-refractivity contribution in [1.29, 1.82) is 0 Å². The zero-order valence-electron chi connectivity index (χ0n) is 17.8. The molecule has 2 saturated heterocycles. The van der Waals surface area contributed by atoms with Crippen molar-refractivity contribution in [3.63, 3.8) is 0 Å². The number of rotatable bonds is 6. The van der Waals surface area contributed by atoms with Gasteiger partial charge in [-0.15, -0.1) is 24.0 Å². The minimum atomic E-state index is -0.412. The quantitative estimate of drug-likeness (QED) is 0.148. The number of benzene rings is 1. The van der Waals surface area contributed by atoms with Crippen LogP contribution < -0.4 is 5.32 Å². The SMILES string of the molecule is C=C(C)CNC(=NCc1ccc([N+](=O)[O-])cc1)N1CCN(C(=O)C2CCCO2)CC1.I. The Bertz CT molecular complexity index is 800. The molecule has 3 rings (SSSR count). The molecule has 0 bridgehead atoms. The van der Waals surface area contributed by atoms with Crippen LogP contribution in [0.1, 0.15) is 25.3 Å². The van der Waals surface area contributed by atoms with Gasteiger partial charge < -0.3 is 19.9 Å². The van der Waals surface area contributed by atoms with E-state index < -0.39 is 4.92 Å². The summed E-state index contributed by atoms with van der Waals surface area (Å²) >= 11 is 0. The van der Waals surface area contributed by atoms with Gasteiger partial charge in [-0.3, -0.25) is 14.9 Å². The fraction of sp³-hybridized carbons (Fsp3) is 0.524. The van der Waals surface area contributed by atoms with Crippen LogP contribution in [-0.2, 0) is 16.1 Å². The molecule has 0 saturated carbocycles. The average Bonchev–Trinajstić information content (AvgIpc) is 3.28. The van der Waals surface area contributed by atoms with Gasteiger partial charge >= 0.3 is 0 Å². The van der Waals surface area contributed by atoms with Gasteiger partial charge in [0.25, 0.3) is 11.6 Å². The molecule has 9 nitrogen and oxygen atoms in total. The van der Waals surface area contributed by atoms with Crippen molar-refractivity contribution in [3.8, 4) is 0 Å². The third kappa shape index (κ3) is 7.17. The molecule has 2 fully saturated rings. The maximum atomic E-state index is 12.6. The van der Waals surface area contributed by atoms with Gasteiger partial charge in [-0.05, 0) is 25.3 Å². The summed E-state index contributed by atoms with van der Waals surface area (Å²) in [4.78, 5) is 31.7. The molecule has 1 unspecified atom stereocenters. The molecule has 0 aromatic heterocycles. The molecular formula is C21H30IN5O4. The number of halogens is 1. The summed E-state index contributed by atoms with van der Waals surface area (Å²) in [5, 5.41) is 14.1. The van der Waals surface area contributed by atoms with E-state index in [4.69, 9.17) is 9.73 Å². The maximum absolute atomic E-state index is 12.6. The van der Waals surface area contributed by atoms with Crippen LogP contribution in [0.25, 0.3) is 0 Å². The number of nitro groups is 1. The molecule has 1 aromatic carbocycles. The number of nitrogens with zero attached hydrogens (tertiary/aromatic N) is 4. The van der Waals surface area contributed by atoms with Crippen LogP contribution in [0.15, 0.2) is 41.4 Å². The first-order chi connectivity index (χ1) is 14.4. The van der Waals surface area contributed by atoms with Crippen LogP contribution >= 0.6 is 24.0 Å². The molecule has 0 spiro atoms. The third-order valence-corrected chi connectivity index (χ3v) is 5.20. The van der Waals surface area contributed by atoms with Crippen LogP contribution in [0.3, 0.4) is 0 Å². The van der Waals surface area contributed by atoms with E-state index in [0.29, 0.717) is 45.9 Å². The van der Waals surface area contributed by atoms with Gasteiger partial charge in [-0.2, -0.15) is 0 Å². The highest BCUT2D eigenvalue weighted by Crippen LogP contribution is 2.16. The number of hydrogen-bond donors (Lipinski definition) is 1. The van der Waals surface area contributed by atoms with E-state index in [1.54, 1.807) is 12.1 Å². The summed E-state index contributed by atoms with van der Waals surface area (Å²) in [6, 6.07) is 6.41. The predicted molar refractivity (Wildman–Crippen MR) is 130 cm³/mol. The molecule has 1 aromatic rings. The van der Waals surface area contributed by atoms with Crippen molar-refractivity contribution in [2.24, 2.45) is 4.99 Å². The van der Waals surface area contributed by atoms with E-state index in [2.05, 4.69) is 16.8 Å². The van der Waals surface area contributed by atoms with Crippen molar-refractivity contribution in [3.05, 3.63) is 52.1 Å². The van der Waals surface area contributed by atoms with Crippen molar-refractivity contribution in [2.45, 2.75) is 32.4 Å². The van der Waals surface area contributed by atoms with Crippen LogP contribution in [0.4, 0.5) is 5.69 Å². The lowest BCUT2D eigenvalue weighted by molar-refractivity contribution is -0.384. The Balaban J connectivity index is 0.00000341. The first-order valence-corrected chi connectivity index (χ1v) is 10.3. The summed E-state index contributed by atoms with van der Waals surface area (Å²) < 4.78 is 5.53. The number of carbonyl (C=O) groups is 1. The monoisotopic (exact) mass is 543 g/mol. The highest BCUT2D eigenvalue weighted by atomic mass is 127. The minimum absolute atomic E-state index is 0. The van der Waals surface area contributed by atoms with Crippen LogP contribution in [0, 0.1) is 10.1 Å². The standard InChI is InChI=1S/C21H29N5O4.HI/c1-16(2)14-22-21(23-15-17-5-7-18(8-6-17)26(28)29)25-11-9-24(10-12-25)20(27)19-4-3-13-30-19;/h5-8,19H,1,3-4,9-15H2,2H3,(H,22,23);1H. The molecule has 2 aliphatic heterocycles. The van der Waals surface area contributed by atoms with Gasteiger partial charge in [-0.25, -0.2) is 4.99 Å². The van der Waals surface area contributed by atoms with Gasteiger partial charge in [0.15, 0.2) is 5.96 Å². The number of guanidine groups is 1. The number of aliphatic imine (C=N–C) groups is 1. The van der Waals surface area contributed by atoms with Gasteiger partial charge in [0, 0.05) is 51.5 Å². The van der Waals surface area contributed by atoms with Crippen molar-refractivity contribution < 1.29 is 14.5 Å². The van der Waals surface area contributed by atoms with E-state index in [9.17, 15) is 14.9 Å². The Labute approximate surface area is 199 Å². The Morgan fingerprint density at radius 3 is 2.45 bits per heavy atom. The molecule has 0 aliphatic carbocycles. The summed E-state index contributed by atoms with van der Waals surface area (Å²) in [7, 11) is 0. The maximum Gasteiger partial charge on any atom is 0.269 e. The first-order valence-electron chi connectivity index (χ1n) is 10.3. The van der Waals surface area contributed by atoms with Crippen molar-refractivity contribution >= 4 is 41.5 Å². The molecule has 170 valence electrons. The molecule has 10 heteroatoms. The molecule has 31 heavy (non-hydrogen) atoms. The zero-order valence-corrected chi connectivity index (χ0v) is 20.1.